The first kappa shape index (κ1) is 26.3. The van der Waals surface area contributed by atoms with Crippen LogP contribution in [0.1, 0.15) is 13.3 Å². The molecule has 29 heavy (non-hydrogen) atoms. The molecule has 0 spiro atoms. The molecular weight excluding hydrogens is 386 g/mol. The molecular formula is C19H37NO9. The summed E-state index contributed by atoms with van der Waals surface area (Å²) in [7, 11) is 3.07. The van der Waals surface area contributed by atoms with Gasteiger partial charge in [0, 0.05) is 32.2 Å². The standard InChI is InChI=1S/C19H37NO9/c1-4-14-16(8-23)29-17(19(25)18(14)24)11-27-9-12(5-20-2)15(7-22)28-13(6-21)10-26-3/h5,12-19,21-25H,4,6-11H2,1-3H3/b20-5+/t12-,13+,14-,15?,16?,17-,18+,19?/m1/s1. The lowest BCUT2D eigenvalue weighted by molar-refractivity contribution is -0.222. The van der Waals surface area contributed by atoms with Crippen molar-refractivity contribution in [1.82, 2.24) is 0 Å². The van der Waals surface area contributed by atoms with E-state index in [9.17, 15) is 25.5 Å². The van der Waals surface area contributed by atoms with Crippen molar-refractivity contribution in [3.05, 3.63) is 0 Å². The number of rotatable bonds is 14. The van der Waals surface area contributed by atoms with Crippen LogP contribution in [0.5, 0.6) is 0 Å². The third kappa shape index (κ3) is 7.82. The van der Waals surface area contributed by atoms with Crippen molar-refractivity contribution in [3.8, 4) is 0 Å². The molecule has 0 saturated carbocycles. The minimum atomic E-state index is -1.13. The van der Waals surface area contributed by atoms with E-state index >= 15 is 0 Å². The molecule has 0 aromatic heterocycles. The average molecular weight is 424 g/mol. The molecule has 0 aliphatic carbocycles. The second kappa shape index (κ2) is 14.3. The van der Waals surface area contributed by atoms with Crippen LogP contribution in [0.25, 0.3) is 0 Å². The van der Waals surface area contributed by atoms with E-state index in [1.165, 1.54) is 7.11 Å². The molecule has 1 fully saturated rings. The highest BCUT2D eigenvalue weighted by Gasteiger charge is 2.43. The summed E-state index contributed by atoms with van der Waals surface area (Å²) in [5.74, 6) is -0.770. The summed E-state index contributed by atoms with van der Waals surface area (Å²) in [6.45, 7) is 1.29. The smallest absolute Gasteiger partial charge is 0.110 e. The van der Waals surface area contributed by atoms with E-state index < -0.39 is 42.5 Å². The van der Waals surface area contributed by atoms with Crippen molar-refractivity contribution >= 4 is 6.21 Å². The monoisotopic (exact) mass is 423 g/mol. The average Bonchev–Trinajstić information content (AvgIpc) is 2.73. The highest BCUT2D eigenvalue weighted by Crippen LogP contribution is 2.28. The molecule has 0 amide bonds. The van der Waals surface area contributed by atoms with Crippen molar-refractivity contribution in [2.75, 3.05) is 53.8 Å². The van der Waals surface area contributed by atoms with Crippen LogP contribution < -0.4 is 0 Å². The molecule has 5 N–H and O–H groups in total. The Morgan fingerprint density at radius 1 is 1.07 bits per heavy atom. The molecule has 10 nitrogen and oxygen atoms in total. The van der Waals surface area contributed by atoms with Gasteiger partial charge in [-0.25, -0.2) is 0 Å². The van der Waals surface area contributed by atoms with Gasteiger partial charge in [0.05, 0.1) is 58.0 Å². The van der Waals surface area contributed by atoms with Gasteiger partial charge in [-0.1, -0.05) is 6.92 Å². The molecule has 0 aromatic carbocycles. The summed E-state index contributed by atoms with van der Waals surface area (Å²) in [5.41, 5.74) is 0. The number of aliphatic hydroxyl groups is 5. The minimum Gasteiger partial charge on any atom is -0.394 e. The van der Waals surface area contributed by atoms with E-state index in [4.69, 9.17) is 18.9 Å². The van der Waals surface area contributed by atoms with Crippen LogP contribution in [-0.2, 0) is 18.9 Å². The van der Waals surface area contributed by atoms with E-state index in [1.54, 1.807) is 13.3 Å². The first-order chi connectivity index (χ1) is 14.0. The Morgan fingerprint density at radius 3 is 2.31 bits per heavy atom. The van der Waals surface area contributed by atoms with Gasteiger partial charge in [0.25, 0.3) is 0 Å². The predicted molar refractivity (Wildman–Crippen MR) is 105 cm³/mol. The zero-order valence-electron chi connectivity index (χ0n) is 17.5. The first-order valence-electron chi connectivity index (χ1n) is 9.95. The van der Waals surface area contributed by atoms with E-state index in [1.807, 2.05) is 6.92 Å². The van der Waals surface area contributed by atoms with Crippen LogP contribution in [0.15, 0.2) is 4.99 Å². The Kier molecular flexibility index (Phi) is 13.0. The fraction of sp³-hybridized carbons (Fsp3) is 0.947. The molecule has 0 radical (unpaired) electrons. The Bertz CT molecular complexity index is 451. The summed E-state index contributed by atoms with van der Waals surface area (Å²) in [4.78, 5) is 3.98. The van der Waals surface area contributed by atoms with Gasteiger partial charge in [-0.3, -0.25) is 0 Å². The molecule has 172 valence electrons. The number of hydrogen-bond acceptors (Lipinski definition) is 10. The minimum absolute atomic E-state index is 0.0150. The Labute approximate surface area is 172 Å². The van der Waals surface area contributed by atoms with Gasteiger partial charge in [0.2, 0.25) is 0 Å². The number of ether oxygens (including phenoxy) is 4. The van der Waals surface area contributed by atoms with Gasteiger partial charge < -0.3 is 49.5 Å². The fourth-order valence-corrected chi connectivity index (χ4v) is 3.53. The fourth-order valence-electron chi connectivity index (χ4n) is 3.53. The van der Waals surface area contributed by atoms with Crippen LogP contribution in [0.3, 0.4) is 0 Å². The number of methoxy groups -OCH3 is 1. The molecule has 8 atom stereocenters. The maximum atomic E-state index is 10.3. The third-order valence-electron chi connectivity index (χ3n) is 5.16. The predicted octanol–water partition coefficient (Wildman–Crippen LogP) is -1.79. The summed E-state index contributed by atoms with van der Waals surface area (Å²) >= 11 is 0. The third-order valence-corrected chi connectivity index (χ3v) is 5.16. The molecule has 1 aliphatic heterocycles. The summed E-state index contributed by atoms with van der Waals surface area (Å²) < 4.78 is 22.1. The van der Waals surface area contributed by atoms with Crippen molar-refractivity contribution in [3.63, 3.8) is 0 Å². The topological polar surface area (TPSA) is 150 Å². The van der Waals surface area contributed by atoms with Crippen LogP contribution >= 0.6 is 0 Å². The highest BCUT2D eigenvalue weighted by molar-refractivity contribution is 5.61. The zero-order chi connectivity index (χ0) is 21.8. The Balaban J connectivity index is 2.66. The van der Waals surface area contributed by atoms with E-state index in [2.05, 4.69) is 4.99 Å². The van der Waals surface area contributed by atoms with Gasteiger partial charge in [0.15, 0.2) is 0 Å². The first-order valence-corrected chi connectivity index (χ1v) is 9.95. The van der Waals surface area contributed by atoms with Crippen LogP contribution in [0, 0.1) is 11.8 Å². The Hall–Kier alpha value is -0.690. The molecule has 1 aliphatic rings. The maximum Gasteiger partial charge on any atom is 0.110 e. The lowest BCUT2D eigenvalue weighted by Gasteiger charge is -2.42. The molecule has 0 aromatic rings. The molecule has 0 bridgehead atoms. The maximum absolute atomic E-state index is 10.3. The Morgan fingerprint density at radius 2 is 1.79 bits per heavy atom. The SMILES string of the molecule is CC[C@@H]1C(CO)O[C@H](COC[C@@H](/C=N/C)C(CO)O[C@@H](CO)COC)C(O)[C@H]1O. The number of hydrogen-bond donors (Lipinski definition) is 5. The lowest BCUT2D eigenvalue weighted by atomic mass is 9.85. The van der Waals surface area contributed by atoms with Crippen molar-refractivity contribution < 1.29 is 44.5 Å². The van der Waals surface area contributed by atoms with Crippen LogP contribution in [-0.4, -0.2) is 122 Å². The number of aliphatic hydroxyl groups excluding tert-OH is 5. The summed E-state index contributed by atoms with van der Waals surface area (Å²) in [5, 5.41) is 49.2. The highest BCUT2D eigenvalue weighted by atomic mass is 16.6. The van der Waals surface area contributed by atoms with Gasteiger partial charge in [-0.15, -0.1) is 0 Å². The molecule has 10 heteroatoms. The summed E-state index contributed by atoms with van der Waals surface area (Å²) in [6.07, 6.45) is -2.65. The van der Waals surface area contributed by atoms with Crippen molar-refractivity contribution in [2.45, 2.75) is 50.0 Å². The molecule has 1 heterocycles. The van der Waals surface area contributed by atoms with Gasteiger partial charge in [0.1, 0.15) is 18.3 Å². The molecule has 1 saturated heterocycles. The second-order valence-corrected chi connectivity index (χ2v) is 7.17. The van der Waals surface area contributed by atoms with Gasteiger partial charge in [-0.05, 0) is 6.42 Å². The van der Waals surface area contributed by atoms with Crippen LogP contribution in [0.4, 0.5) is 0 Å². The normalized spacial score (nSPS) is 31.1. The lowest BCUT2D eigenvalue weighted by Crippen LogP contribution is -2.56. The molecule has 3 unspecified atom stereocenters. The summed E-state index contributed by atoms with van der Waals surface area (Å²) in [6, 6.07) is 0. The largest absolute Gasteiger partial charge is 0.394 e. The number of aliphatic imine (C=N–C) groups is 1. The van der Waals surface area contributed by atoms with E-state index in [0.29, 0.717) is 6.42 Å². The number of nitrogens with zero attached hydrogens (tertiary/aromatic N) is 1. The van der Waals surface area contributed by atoms with E-state index in [-0.39, 0.29) is 45.6 Å². The van der Waals surface area contributed by atoms with Gasteiger partial charge in [-0.2, -0.15) is 0 Å². The zero-order valence-corrected chi connectivity index (χ0v) is 17.5. The quantitative estimate of drug-likeness (QED) is 0.204. The van der Waals surface area contributed by atoms with Gasteiger partial charge >= 0.3 is 0 Å². The second-order valence-electron chi connectivity index (χ2n) is 7.17. The van der Waals surface area contributed by atoms with Crippen molar-refractivity contribution in [1.29, 1.82) is 0 Å². The van der Waals surface area contributed by atoms with Crippen LogP contribution in [0.2, 0.25) is 0 Å². The van der Waals surface area contributed by atoms with E-state index in [0.717, 1.165) is 0 Å². The molecule has 1 rings (SSSR count). The van der Waals surface area contributed by atoms with Crippen molar-refractivity contribution in [2.24, 2.45) is 16.8 Å².